The van der Waals surface area contributed by atoms with Crippen LogP contribution in [0.1, 0.15) is 0 Å². The van der Waals surface area contributed by atoms with Crippen molar-refractivity contribution in [2.45, 2.75) is 0 Å². The van der Waals surface area contributed by atoms with Gasteiger partial charge in [0, 0.05) is 21.9 Å². The largest absolute Gasteiger partial charge is 0.299 e. The zero-order chi connectivity index (χ0) is 52.0. The van der Waals surface area contributed by atoms with Crippen molar-refractivity contribution in [2.24, 2.45) is 0 Å². The van der Waals surface area contributed by atoms with Crippen LogP contribution in [-0.2, 0) is 0 Å². The van der Waals surface area contributed by atoms with Gasteiger partial charge < -0.3 is 0 Å². The fraction of sp³-hybridized carbons (Fsp3) is 0. The number of para-hydroxylation sites is 1. The first kappa shape index (κ1) is 44.8. The third-order valence-electron chi connectivity index (χ3n) is 16.4. The maximum absolute atomic E-state index is 5.75. The SMILES string of the molecule is c1ccc(-c2c[n+](-c3ccccc3)c(-c3ccccc3)n2-c2ccc(-c3cc(-c4ccc5c6ccccc6c6ccccc6c5c4)nc4c3cc(-c3ccc5c6ccccc6c6ccccc6c5c3)c3ccccc34)cc2)cc1. The summed E-state index contributed by atoms with van der Waals surface area (Å²) in [5.41, 5.74) is 13.1. The molecule has 0 atom stereocenters. The normalized spacial score (nSPS) is 11.8. The highest BCUT2D eigenvalue weighted by Gasteiger charge is 2.29. The van der Waals surface area contributed by atoms with Gasteiger partial charge in [0.25, 0.3) is 5.82 Å². The third-order valence-corrected chi connectivity index (χ3v) is 16.4. The van der Waals surface area contributed by atoms with Crippen molar-refractivity contribution in [2.75, 3.05) is 0 Å². The Balaban J connectivity index is 0.951. The van der Waals surface area contributed by atoms with Gasteiger partial charge in [-0.15, -0.1) is 0 Å². The molecule has 0 fully saturated rings. The van der Waals surface area contributed by atoms with E-state index in [1.54, 1.807) is 0 Å². The van der Waals surface area contributed by atoms with E-state index in [1.165, 1.54) is 81.1 Å². The number of hydrogen-bond acceptors (Lipinski definition) is 1. The summed E-state index contributed by atoms with van der Waals surface area (Å²) in [6, 6.07) is 104. The average molecular weight is 1000 g/mol. The first-order valence-corrected chi connectivity index (χ1v) is 27.2. The van der Waals surface area contributed by atoms with E-state index in [2.05, 4.69) is 300 Å². The molecule has 0 saturated carbocycles. The highest BCUT2D eigenvalue weighted by atomic mass is 15.2. The minimum atomic E-state index is 0.930. The first-order chi connectivity index (χ1) is 39.2. The Morgan fingerprint density at radius 1 is 0.266 bits per heavy atom. The highest BCUT2D eigenvalue weighted by molar-refractivity contribution is 6.27. The molecule has 0 unspecified atom stereocenters. The average Bonchev–Trinajstić information content (AvgIpc) is 4.06. The van der Waals surface area contributed by atoms with Crippen molar-refractivity contribution >= 4 is 86.3 Å². The van der Waals surface area contributed by atoms with E-state index in [0.717, 1.165) is 72.7 Å². The summed E-state index contributed by atoms with van der Waals surface area (Å²) in [7, 11) is 0. The van der Waals surface area contributed by atoms with Gasteiger partial charge in [-0.1, -0.05) is 224 Å². The van der Waals surface area contributed by atoms with Crippen LogP contribution >= 0.6 is 0 Å². The molecule has 0 amide bonds. The quantitative estimate of drug-likeness (QED) is 0.115. The zero-order valence-electron chi connectivity index (χ0n) is 43.1. The summed E-state index contributed by atoms with van der Waals surface area (Å²) in [6.07, 6.45) is 2.28. The lowest BCUT2D eigenvalue weighted by molar-refractivity contribution is -0.582. The molecule has 0 N–H and O–H groups in total. The van der Waals surface area contributed by atoms with Crippen LogP contribution in [0, 0.1) is 0 Å². The maximum atomic E-state index is 5.75. The van der Waals surface area contributed by atoms with Crippen LogP contribution in [0.15, 0.2) is 291 Å². The van der Waals surface area contributed by atoms with Crippen LogP contribution < -0.4 is 4.57 Å². The topological polar surface area (TPSA) is 21.7 Å². The van der Waals surface area contributed by atoms with Gasteiger partial charge in [0.05, 0.1) is 16.8 Å². The number of hydrogen-bond donors (Lipinski definition) is 0. The van der Waals surface area contributed by atoms with Crippen LogP contribution in [0.3, 0.4) is 0 Å². The molecule has 0 saturated heterocycles. The van der Waals surface area contributed by atoms with E-state index in [4.69, 9.17) is 4.98 Å². The van der Waals surface area contributed by atoms with Crippen molar-refractivity contribution in [3.63, 3.8) is 0 Å². The molecule has 79 heavy (non-hydrogen) atoms. The van der Waals surface area contributed by atoms with Gasteiger partial charge in [-0.3, -0.25) is 0 Å². The monoisotopic (exact) mass is 1000 g/mol. The lowest BCUT2D eigenvalue weighted by atomic mass is 9.88. The minimum Gasteiger partial charge on any atom is -0.247 e. The van der Waals surface area contributed by atoms with E-state index in [9.17, 15) is 0 Å². The number of pyridine rings is 1. The molecule has 3 heteroatoms. The van der Waals surface area contributed by atoms with Crippen molar-refractivity contribution in [3.8, 4) is 67.5 Å². The number of rotatable bonds is 7. The summed E-state index contributed by atoms with van der Waals surface area (Å²) in [6.45, 7) is 0. The molecule has 0 aliphatic carbocycles. The van der Waals surface area contributed by atoms with Crippen molar-refractivity contribution in [1.82, 2.24) is 9.55 Å². The number of nitrogens with zero attached hydrogens (tertiary/aromatic N) is 3. The van der Waals surface area contributed by atoms with Gasteiger partial charge >= 0.3 is 0 Å². The zero-order valence-corrected chi connectivity index (χ0v) is 43.1. The standard InChI is InChI=1S/C76H48N3/c1-4-20-50(21-5-1)74-48-78(54-24-8-3-9-25-54)76(51-22-6-2-7-23-51)79(74)55-40-36-49(37-41-55)69-47-73(53-39-43-66-61-31-13-11-27-57(61)59-29-15-17-33-63(59)71(66)45-53)77-75-67-35-19-18-34-64(67)68(46-72(69)75)52-38-42-65-60-30-12-10-26-56(60)58-28-14-16-32-62(58)70(65)44-52/h1-48H/q+1. The lowest BCUT2D eigenvalue weighted by Gasteiger charge is -2.17. The second-order valence-corrected chi connectivity index (χ2v) is 20.8. The van der Waals surface area contributed by atoms with Gasteiger partial charge in [-0.25, -0.2) is 4.98 Å². The molecule has 0 aliphatic heterocycles. The molecule has 0 bridgehead atoms. The summed E-state index contributed by atoms with van der Waals surface area (Å²) < 4.78 is 4.74. The Morgan fingerprint density at radius 3 is 1.22 bits per heavy atom. The first-order valence-electron chi connectivity index (χ1n) is 27.2. The van der Waals surface area contributed by atoms with E-state index >= 15 is 0 Å². The molecular formula is C76H48N3+. The molecule has 0 spiro atoms. The second kappa shape index (κ2) is 18.1. The minimum absolute atomic E-state index is 0.930. The molecule has 3 nitrogen and oxygen atoms in total. The number of fused-ring (bicyclic) bond motifs is 15. The van der Waals surface area contributed by atoms with Crippen LogP contribution in [0.4, 0.5) is 0 Å². The predicted octanol–water partition coefficient (Wildman–Crippen LogP) is 19.7. The van der Waals surface area contributed by atoms with Crippen LogP contribution in [-0.4, -0.2) is 9.55 Å². The molecule has 0 aliphatic rings. The van der Waals surface area contributed by atoms with E-state index in [-0.39, 0.29) is 0 Å². The third kappa shape index (κ3) is 7.21. The molecule has 2 heterocycles. The molecule has 2 aromatic heterocycles. The molecule has 16 rings (SSSR count). The van der Waals surface area contributed by atoms with Gasteiger partial charge in [-0.2, -0.15) is 9.13 Å². The molecule has 0 radical (unpaired) electrons. The smallest absolute Gasteiger partial charge is 0.247 e. The fourth-order valence-electron chi connectivity index (χ4n) is 12.8. The summed E-state index contributed by atoms with van der Waals surface area (Å²) in [4.78, 5) is 5.75. The maximum Gasteiger partial charge on any atom is 0.299 e. The Bertz CT molecular complexity index is 5030. The molecule has 366 valence electrons. The number of imidazole rings is 1. The Morgan fingerprint density at radius 2 is 0.671 bits per heavy atom. The van der Waals surface area contributed by atoms with Crippen molar-refractivity contribution in [1.29, 1.82) is 0 Å². The number of aromatic nitrogens is 3. The van der Waals surface area contributed by atoms with Gasteiger partial charge in [0.15, 0.2) is 5.69 Å². The van der Waals surface area contributed by atoms with Crippen molar-refractivity contribution < 1.29 is 4.57 Å². The highest BCUT2D eigenvalue weighted by Crippen LogP contribution is 2.45. The summed E-state index contributed by atoms with van der Waals surface area (Å²) in [5, 5.41) is 18.5. The lowest BCUT2D eigenvalue weighted by Crippen LogP contribution is -2.31. The van der Waals surface area contributed by atoms with Crippen LogP contribution in [0.2, 0.25) is 0 Å². The molecular weight excluding hydrogens is 955 g/mol. The Hall–Kier alpha value is -10.5. The Labute approximate surface area is 456 Å². The predicted molar refractivity (Wildman–Crippen MR) is 332 cm³/mol. The van der Waals surface area contributed by atoms with E-state index in [0.29, 0.717) is 0 Å². The van der Waals surface area contributed by atoms with Crippen LogP contribution in [0.5, 0.6) is 0 Å². The Kier molecular flexibility index (Phi) is 10.3. The van der Waals surface area contributed by atoms with Gasteiger partial charge in [0.1, 0.15) is 17.6 Å². The van der Waals surface area contributed by atoms with Crippen molar-refractivity contribution in [3.05, 3.63) is 291 Å². The fourth-order valence-corrected chi connectivity index (χ4v) is 12.8. The van der Waals surface area contributed by atoms with E-state index < -0.39 is 0 Å². The summed E-state index contributed by atoms with van der Waals surface area (Å²) in [5.74, 6) is 1.07. The van der Waals surface area contributed by atoms with Gasteiger partial charge in [0.2, 0.25) is 0 Å². The number of benzene rings is 14. The van der Waals surface area contributed by atoms with E-state index in [1.807, 2.05) is 0 Å². The van der Waals surface area contributed by atoms with Gasteiger partial charge in [-0.05, 0) is 153 Å². The molecule has 14 aromatic carbocycles. The molecule has 16 aromatic rings. The van der Waals surface area contributed by atoms with Crippen LogP contribution in [0.25, 0.3) is 154 Å². The summed E-state index contributed by atoms with van der Waals surface area (Å²) >= 11 is 0. The second-order valence-electron chi connectivity index (χ2n) is 20.8.